The Bertz CT molecular complexity index is 948. The highest BCUT2D eigenvalue weighted by Gasteiger charge is 2.18. The Morgan fingerprint density at radius 3 is 2.57 bits per heavy atom. The number of para-hydroxylation sites is 2. The van der Waals surface area contributed by atoms with Crippen molar-refractivity contribution < 1.29 is 9.53 Å². The molecule has 6 heteroatoms. The standard InChI is InChI=1S/C22H23N3O2S/c1-4-27-20-13-9-8-12-18(20)24-21(26)16(3)28-22-23-15(2)14-19(25-22)17-10-6-5-7-11-17/h5-14,16H,4H2,1-3H3,(H,24,26)/t16-/m0/s1. The number of nitrogens with zero attached hydrogens (tertiary/aromatic N) is 2. The van der Waals surface area contributed by atoms with Crippen LogP contribution in [0.1, 0.15) is 19.5 Å². The molecule has 0 saturated carbocycles. The molecule has 1 aromatic heterocycles. The lowest BCUT2D eigenvalue weighted by molar-refractivity contribution is -0.115. The first-order valence-corrected chi connectivity index (χ1v) is 10.0. The van der Waals surface area contributed by atoms with Crippen molar-refractivity contribution in [1.29, 1.82) is 0 Å². The number of anilines is 1. The van der Waals surface area contributed by atoms with Gasteiger partial charge in [-0.25, -0.2) is 9.97 Å². The Hall–Kier alpha value is -2.86. The molecule has 0 spiro atoms. The van der Waals surface area contributed by atoms with Gasteiger partial charge in [0, 0.05) is 11.3 Å². The van der Waals surface area contributed by atoms with E-state index in [0.717, 1.165) is 17.0 Å². The van der Waals surface area contributed by atoms with E-state index in [2.05, 4.69) is 15.3 Å². The number of nitrogens with one attached hydrogen (secondary N) is 1. The van der Waals surface area contributed by atoms with Crippen molar-refractivity contribution in [1.82, 2.24) is 9.97 Å². The average Bonchev–Trinajstić information content (AvgIpc) is 2.70. The van der Waals surface area contributed by atoms with E-state index in [1.807, 2.05) is 81.4 Å². The van der Waals surface area contributed by atoms with Gasteiger partial charge in [-0.2, -0.15) is 0 Å². The molecular weight excluding hydrogens is 370 g/mol. The molecule has 0 saturated heterocycles. The van der Waals surface area contributed by atoms with E-state index in [-0.39, 0.29) is 11.2 Å². The van der Waals surface area contributed by atoms with Crippen LogP contribution < -0.4 is 10.1 Å². The first kappa shape index (κ1) is 19.9. The Labute approximate surface area is 169 Å². The zero-order valence-electron chi connectivity index (χ0n) is 16.2. The van der Waals surface area contributed by atoms with Gasteiger partial charge in [-0.1, -0.05) is 54.2 Å². The van der Waals surface area contributed by atoms with Gasteiger partial charge in [0.15, 0.2) is 5.16 Å². The summed E-state index contributed by atoms with van der Waals surface area (Å²) in [5, 5.41) is 3.16. The number of benzene rings is 2. The predicted molar refractivity (Wildman–Crippen MR) is 114 cm³/mol. The number of aromatic nitrogens is 2. The molecule has 1 N–H and O–H groups in total. The minimum absolute atomic E-state index is 0.122. The van der Waals surface area contributed by atoms with E-state index in [4.69, 9.17) is 4.74 Å². The third kappa shape index (κ3) is 5.10. The fraction of sp³-hybridized carbons (Fsp3) is 0.227. The molecule has 1 atom stereocenters. The van der Waals surface area contributed by atoms with Crippen molar-refractivity contribution in [3.8, 4) is 17.0 Å². The predicted octanol–water partition coefficient (Wildman–Crippen LogP) is 4.97. The van der Waals surface area contributed by atoms with Crippen molar-refractivity contribution in [3.63, 3.8) is 0 Å². The number of aryl methyl sites for hydroxylation is 1. The van der Waals surface area contributed by atoms with E-state index in [1.54, 1.807) is 0 Å². The molecule has 1 heterocycles. The van der Waals surface area contributed by atoms with E-state index < -0.39 is 0 Å². The summed E-state index contributed by atoms with van der Waals surface area (Å²) in [5.41, 5.74) is 3.41. The van der Waals surface area contributed by atoms with Crippen LogP contribution in [0.25, 0.3) is 11.3 Å². The maximum absolute atomic E-state index is 12.7. The zero-order chi connectivity index (χ0) is 19.9. The summed E-state index contributed by atoms with van der Waals surface area (Å²) in [6.45, 7) is 6.23. The second-order valence-corrected chi connectivity index (χ2v) is 7.53. The van der Waals surface area contributed by atoms with E-state index in [0.29, 0.717) is 23.2 Å². The fourth-order valence-electron chi connectivity index (χ4n) is 2.65. The monoisotopic (exact) mass is 393 g/mol. The normalized spacial score (nSPS) is 11.7. The minimum Gasteiger partial charge on any atom is -0.492 e. The molecule has 0 bridgehead atoms. The van der Waals surface area contributed by atoms with Gasteiger partial charge in [0.25, 0.3) is 0 Å². The van der Waals surface area contributed by atoms with Crippen LogP contribution in [0.2, 0.25) is 0 Å². The van der Waals surface area contributed by atoms with Crippen LogP contribution >= 0.6 is 11.8 Å². The highest BCUT2D eigenvalue weighted by Crippen LogP contribution is 2.27. The van der Waals surface area contributed by atoms with Crippen LogP contribution in [0.5, 0.6) is 5.75 Å². The maximum Gasteiger partial charge on any atom is 0.237 e. The number of amides is 1. The quantitative estimate of drug-likeness (QED) is 0.453. The molecule has 28 heavy (non-hydrogen) atoms. The first-order chi connectivity index (χ1) is 13.6. The molecule has 0 radical (unpaired) electrons. The van der Waals surface area contributed by atoms with Crippen molar-refractivity contribution in [3.05, 3.63) is 66.4 Å². The van der Waals surface area contributed by atoms with Crippen molar-refractivity contribution >= 4 is 23.4 Å². The molecule has 0 unspecified atom stereocenters. The molecule has 1 amide bonds. The lowest BCUT2D eigenvalue weighted by Gasteiger charge is -2.14. The molecule has 0 aliphatic rings. The zero-order valence-corrected chi connectivity index (χ0v) is 17.0. The van der Waals surface area contributed by atoms with Crippen molar-refractivity contribution in [2.45, 2.75) is 31.2 Å². The lowest BCUT2D eigenvalue weighted by Crippen LogP contribution is -2.23. The Balaban J connectivity index is 1.73. The molecular formula is C22H23N3O2S. The summed E-state index contributed by atoms with van der Waals surface area (Å²) >= 11 is 1.34. The smallest absolute Gasteiger partial charge is 0.237 e. The number of carbonyl (C=O) groups excluding carboxylic acids is 1. The van der Waals surface area contributed by atoms with Crippen LogP contribution in [0, 0.1) is 6.92 Å². The summed E-state index contributed by atoms with van der Waals surface area (Å²) in [5.74, 6) is 0.539. The molecule has 0 fully saturated rings. The Morgan fingerprint density at radius 1 is 1.11 bits per heavy atom. The molecule has 5 nitrogen and oxygen atoms in total. The number of ether oxygens (including phenoxy) is 1. The van der Waals surface area contributed by atoms with Crippen molar-refractivity contribution in [2.24, 2.45) is 0 Å². The van der Waals surface area contributed by atoms with E-state index in [1.165, 1.54) is 11.8 Å². The lowest BCUT2D eigenvalue weighted by atomic mass is 10.1. The highest BCUT2D eigenvalue weighted by atomic mass is 32.2. The SMILES string of the molecule is CCOc1ccccc1NC(=O)[C@H](C)Sc1nc(C)cc(-c2ccccc2)n1. The average molecular weight is 394 g/mol. The van der Waals surface area contributed by atoms with Gasteiger partial charge in [-0.05, 0) is 39.0 Å². The highest BCUT2D eigenvalue weighted by molar-refractivity contribution is 8.00. The molecule has 3 rings (SSSR count). The summed E-state index contributed by atoms with van der Waals surface area (Å²) in [4.78, 5) is 21.8. The second-order valence-electron chi connectivity index (χ2n) is 6.22. The largest absolute Gasteiger partial charge is 0.492 e. The third-order valence-electron chi connectivity index (χ3n) is 4.00. The van der Waals surface area contributed by atoms with Crippen molar-refractivity contribution in [2.75, 3.05) is 11.9 Å². The number of thioether (sulfide) groups is 1. The number of rotatable bonds is 7. The number of hydrogen-bond acceptors (Lipinski definition) is 5. The van der Waals surface area contributed by atoms with Crippen LogP contribution in [0.15, 0.2) is 65.8 Å². The summed E-state index contributed by atoms with van der Waals surface area (Å²) in [7, 11) is 0. The Morgan fingerprint density at radius 2 is 1.82 bits per heavy atom. The number of hydrogen-bond donors (Lipinski definition) is 1. The molecule has 3 aromatic rings. The second kappa shape index (κ2) is 9.37. The summed E-state index contributed by atoms with van der Waals surface area (Å²) < 4.78 is 5.57. The third-order valence-corrected chi connectivity index (χ3v) is 4.96. The minimum atomic E-state index is -0.361. The molecule has 0 aliphatic heterocycles. The van der Waals surface area contributed by atoms with Gasteiger partial charge in [-0.3, -0.25) is 4.79 Å². The molecule has 0 aliphatic carbocycles. The van der Waals surface area contributed by atoms with Gasteiger partial charge in [0.05, 0.1) is 23.2 Å². The van der Waals surface area contributed by atoms with Crippen LogP contribution in [-0.4, -0.2) is 27.7 Å². The fourth-order valence-corrected chi connectivity index (χ4v) is 3.48. The number of carbonyl (C=O) groups is 1. The first-order valence-electron chi connectivity index (χ1n) is 9.17. The molecule has 144 valence electrons. The summed E-state index contributed by atoms with van der Waals surface area (Å²) in [6.07, 6.45) is 0. The van der Waals surface area contributed by atoms with Crippen LogP contribution in [-0.2, 0) is 4.79 Å². The summed E-state index contributed by atoms with van der Waals surface area (Å²) in [6, 6.07) is 19.3. The molecule has 2 aromatic carbocycles. The van der Waals surface area contributed by atoms with E-state index in [9.17, 15) is 4.79 Å². The Kier molecular flexibility index (Phi) is 6.66. The van der Waals surface area contributed by atoms with E-state index >= 15 is 0 Å². The topological polar surface area (TPSA) is 64.1 Å². The maximum atomic E-state index is 12.7. The van der Waals surface area contributed by atoms with Gasteiger partial charge < -0.3 is 10.1 Å². The van der Waals surface area contributed by atoms with Gasteiger partial charge in [0.1, 0.15) is 5.75 Å². The van der Waals surface area contributed by atoms with Gasteiger partial charge in [0.2, 0.25) is 5.91 Å². The van der Waals surface area contributed by atoms with Crippen LogP contribution in [0.4, 0.5) is 5.69 Å². The van der Waals surface area contributed by atoms with Gasteiger partial charge >= 0.3 is 0 Å². The van der Waals surface area contributed by atoms with Gasteiger partial charge in [-0.15, -0.1) is 0 Å². The van der Waals surface area contributed by atoms with Crippen LogP contribution in [0.3, 0.4) is 0 Å².